The summed E-state index contributed by atoms with van der Waals surface area (Å²) in [4.78, 5) is 23.1. The maximum Gasteiger partial charge on any atom is 0.335 e. The monoisotopic (exact) mass is 340 g/mol. The lowest BCUT2D eigenvalue weighted by atomic mass is 10.1. The number of hydrogen-bond acceptors (Lipinski definition) is 3. The van der Waals surface area contributed by atoms with Gasteiger partial charge in [-0.15, -0.1) is 0 Å². The molecule has 0 bridgehead atoms. The van der Waals surface area contributed by atoms with Crippen LogP contribution < -0.4 is 5.32 Å². The second-order valence-corrected chi connectivity index (χ2v) is 5.37. The number of carboxylic acids is 1. The summed E-state index contributed by atoms with van der Waals surface area (Å²) < 4.78 is 0. The van der Waals surface area contributed by atoms with Crippen LogP contribution in [0.3, 0.4) is 0 Å². The number of aromatic carboxylic acids is 1. The topological polar surface area (TPSA) is 90.2 Å². The summed E-state index contributed by atoms with van der Waals surface area (Å²) in [6, 6.07) is 12.8. The predicted molar refractivity (Wildman–Crippen MR) is 91.8 cm³/mol. The van der Waals surface area contributed by atoms with E-state index >= 15 is 0 Å². The highest BCUT2D eigenvalue weighted by atomic mass is 35.5. The van der Waals surface area contributed by atoms with Crippen LogP contribution in [0.4, 0.5) is 5.69 Å². The minimum Gasteiger partial charge on any atom is -0.478 e. The predicted octanol–water partition coefficient (Wildman–Crippen LogP) is 3.89. The maximum atomic E-state index is 12.2. The Labute approximate surface area is 143 Å². The highest BCUT2D eigenvalue weighted by Gasteiger charge is 2.12. The number of rotatable bonds is 4. The molecular formula is C18H13ClN2O3. The first-order chi connectivity index (χ1) is 11.4. The third-order valence-electron chi connectivity index (χ3n) is 3.35. The number of carbonyl (C=O) groups excluding carboxylic acids is 1. The molecule has 120 valence electrons. The Morgan fingerprint density at radius 2 is 1.88 bits per heavy atom. The number of nitrogens with zero attached hydrogens (tertiary/aromatic N) is 1. The zero-order valence-electron chi connectivity index (χ0n) is 12.7. The van der Waals surface area contributed by atoms with Gasteiger partial charge in [-0.25, -0.2) is 4.79 Å². The van der Waals surface area contributed by atoms with Gasteiger partial charge >= 0.3 is 5.97 Å². The van der Waals surface area contributed by atoms with Crippen LogP contribution in [0.15, 0.2) is 48.0 Å². The van der Waals surface area contributed by atoms with E-state index in [1.807, 2.05) is 6.07 Å². The zero-order chi connectivity index (χ0) is 17.7. The van der Waals surface area contributed by atoms with E-state index < -0.39 is 11.9 Å². The van der Waals surface area contributed by atoms with E-state index in [1.54, 1.807) is 25.1 Å². The van der Waals surface area contributed by atoms with Crippen LogP contribution in [0.25, 0.3) is 6.08 Å². The molecule has 0 aliphatic carbocycles. The van der Waals surface area contributed by atoms with Crippen LogP contribution >= 0.6 is 11.6 Å². The van der Waals surface area contributed by atoms with Gasteiger partial charge in [0.1, 0.15) is 11.6 Å². The molecule has 0 saturated carbocycles. The Hall–Kier alpha value is -3.10. The number of halogens is 1. The van der Waals surface area contributed by atoms with Crippen molar-refractivity contribution in [1.29, 1.82) is 5.26 Å². The van der Waals surface area contributed by atoms with Gasteiger partial charge in [0, 0.05) is 10.7 Å². The van der Waals surface area contributed by atoms with Gasteiger partial charge in [-0.2, -0.15) is 5.26 Å². The van der Waals surface area contributed by atoms with Crippen molar-refractivity contribution in [2.75, 3.05) is 5.32 Å². The molecule has 0 radical (unpaired) electrons. The fraction of sp³-hybridized carbons (Fsp3) is 0.0556. The molecule has 0 aliphatic rings. The Kier molecular flexibility index (Phi) is 5.35. The summed E-state index contributed by atoms with van der Waals surface area (Å²) in [5.41, 5.74) is 1.81. The van der Waals surface area contributed by atoms with Gasteiger partial charge in [0.15, 0.2) is 0 Å². The highest BCUT2D eigenvalue weighted by molar-refractivity contribution is 6.31. The standard InChI is InChI=1S/C18H13ClN2O3/c1-11-15(19)3-2-4-16(11)21-17(22)14(10-20)9-12-5-7-13(8-6-12)18(23)24/h2-9H,1H3,(H,21,22)(H,23,24). The van der Waals surface area contributed by atoms with Crippen LogP contribution in [0.1, 0.15) is 21.5 Å². The van der Waals surface area contributed by atoms with E-state index in [9.17, 15) is 14.9 Å². The van der Waals surface area contributed by atoms with Crippen molar-refractivity contribution in [1.82, 2.24) is 0 Å². The summed E-state index contributed by atoms with van der Waals surface area (Å²) in [5, 5.41) is 21.2. The average Bonchev–Trinajstić information content (AvgIpc) is 2.57. The molecule has 0 saturated heterocycles. The summed E-state index contributed by atoms with van der Waals surface area (Å²) >= 11 is 6.00. The molecule has 0 spiro atoms. The molecule has 0 fully saturated rings. The van der Waals surface area contributed by atoms with E-state index in [2.05, 4.69) is 5.32 Å². The SMILES string of the molecule is Cc1c(Cl)cccc1NC(=O)C(C#N)=Cc1ccc(C(=O)O)cc1. The average molecular weight is 341 g/mol. The second kappa shape index (κ2) is 7.44. The molecule has 0 atom stereocenters. The van der Waals surface area contributed by atoms with E-state index in [0.29, 0.717) is 21.8 Å². The van der Waals surface area contributed by atoms with Crippen molar-refractivity contribution in [3.8, 4) is 6.07 Å². The number of nitrogens with one attached hydrogen (secondary N) is 1. The van der Waals surface area contributed by atoms with Crippen LogP contribution in [0, 0.1) is 18.3 Å². The molecule has 24 heavy (non-hydrogen) atoms. The Morgan fingerprint density at radius 3 is 2.46 bits per heavy atom. The van der Waals surface area contributed by atoms with Crippen molar-refractivity contribution in [3.05, 3.63) is 69.8 Å². The Morgan fingerprint density at radius 1 is 1.21 bits per heavy atom. The van der Waals surface area contributed by atoms with Gasteiger partial charge in [-0.1, -0.05) is 29.8 Å². The molecular weight excluding hydrogens is 328 g/mol. The Bertz CT molecular complexity index is 865. The maximum absolute atomic E-state index is 12.2. The second-order valence-electron chi connectivity index (χ2n) is 4.96. The lowest BCUT2D eigenvalue weighted by molar-refractivity contribution is -0.112. The fourth-order valence-electron chi connectivity index (χ4n) is 1.97. The minimum atomic E-state index is -1.04. The normalized spacial score (nSPS) is 10.8. The smallest absolute Gasteiger partial charge is 0.335 e. The number of benzene rings is 2. The molecule has 2 N–H and O–H groups in total. The van der Waals surface area contributed by atoms with Crippen LogP contribution in [0.2, 0.25) is 5.02 Å². The van der Waals surface area contributed by atoms with E-state index in [0.717, 1.165) is 0 Å². The van der Waals surface area contributed by atoms with Gasteiger partial charge in [0.05, 0.1) is 5.56 Å². The first-order valence-corrected chi connectivity index (χ1v) is 7.32. The molecule has 0 aromatic heterocycles. The van der Waals surface area contributed by atoms with Gasteiger partial charge in [-0.05, 0) is 48.4 Å². The van der Waals surface area contributed by atoms with Crippen LogP contribution in [-0.4, -0.2) is 17.0 Å². The fourth-order valence-corrected chi connectivity index (χ4v) is 2.14. The summed E-state index contributed by atoms with van der Waals surface area (Å²) in [5.74, 6) is -1.61. The van der Waals surface area contributed by atoms with E-state index in [4.69, 9.17) is 16.7 Å². The summed E-state index contributed by atoms with van der Waals surface area (Å²) in [6.07, 6.45) is 1.39. The van der Waals surface area contributed by atoms with Gasteiger partial charge < -0.3 is 10.4 Å². The number of hydrogen-bond donors (Lipinski definition) is 2. The molecule has 6 heteroatoms. The number of nitriles is 1. The van der Waals surface area contributed by atoms with E-state index in [1.165, 1.54) is 30.3 Å². The molecule has 0 aliphatic heterocycles. The van der Waals surface area contributed by atoms with Crippen molar-refractivity contribution < 1.29 is 14.7 Å². The van der Waals surface area contributed by atoms with Crippen LogP contribution in [-0.2, 0) is 4.79 Å². The third-order valence-corrected chi connectivity index (χ3v) is 3.76. The molecule has 2 aromatic rings. The molecule has 5 nitrogen and oxygen atoms in total. The Balaban J connectivity index is 2.24. The van der Waals surface area contributed by atoms with Gasteiger partial charge in [0.25, 0.3) is 5.91 Å². The quantitative estimate of drug-likeness (QED) is 0.652. The van der Waals surface area contributed by atoms with Crippen molar-refractivity contribution in [2.45, 2.75) is 6.92 Å². The first-order valence-electron chi connectivity index (χ1n) is 6.94. The largest absolute Gasteiger partial charge is 0.478 e. The molecule has 2 rings (SSSR count). The molecule has 1 amide bonds. The number of carboxylic acid groups (broad SMARTS) is 1. The number of anilines is 1. The number of amides is 1. The zero-order valence-corrected chi connectivity index (χ0v) is 13.5. The highest BCUT2D eigenvalue weighted by Crippen LogP contribution is 2.23. The molecule has 0 heterocycles. The molecule has 0 unspecified atom stereocenters. The van der Waals surface area contributed by atoms with Gasteiger partial charge in [-0.3, -0.25) is 4.79 Å². The van der Waals surface area contributed by atoms with Crippen molar-refractivity contribution in [2.24, 2.45) is 0 Å². The lowest BCUT2D eigenvalue weighted by Gasteiger charge is -2.08. The minimum absolute atomic E-state index is 0.0996. The van der Waals surface area contributed by atoms with Crippen molar-refractivity contribution >= 4 is 35.2 Å². The summed E-state index contributed by atoms with van der Waals surface area (Å²) in [7, 11) is 0. The molecule has 2 aromatic carbocycles. The van der Waals surface area contributed by atoms with Crippen molar-refractivity contribution in [3.63, 3.8) is 0 Å². The first kappa shape index (κ1) is 17.3. The number of carbonyl (C=O) groups is 2. The van der Waals surface area contributed by atoms with Gasteiger partial charge in [0.2, 0.25) is 0 Å². The third kappa shape index (κ3) is 4.00. The van der Waals surface area contributed by atoms with E-state index in [-0.39, 0.29) is 11.1 Å². The lowest BCUT2D eigenvalue weighted by Crippen LogP contribution is -2.14. The summed E-state index contributed by atoms with van der Waals surface area (Å²) in [6.45, 7) is 1.76. The van der Waals surface area contributed by atoms with Crippen LogP contribution in [0.5, 0.6) is 0 Å².